The standard InChI is InChI=1S/C19H24N2O4S/c1-4-24-16(22)15-12-26-17(21-15)19(20,10-13(2)3)18(23)25-11-14-8-6-5-7-9-14/h5-9,12-13H,4,10-11,20H2,1-3H3/t19-/m1/s1. The first-order valence-corrected chi connectivity index (χ1v) is 9.38. The fourth-order valence-corrected chi connectivity index (χ4v) is 3.43. The third-order valence-electron chi connectivity index (χ3n) is 3.68. The van der Waals surface area contributed by atoms with Gasteiger partial charge >= 0.3 is 11.9 Å². The van der Waals surface area contributed by atoms with Gasteiger partial charge in [-0.25, -0.2) is 14.6 Å². The zero-order valence-corrected chi connectivity index (χ0v) is 16.0. The number of carbonyl (C=O) groups is 2. The van der Waals surface area contributed by atoms with E-state index >= 15 is 0 Å². The fraction of sp³-hybridized carbons (Fsp3) is 0.421. The number of aromatic nitrogens is 1. The average molecular weight is 376 g/mol. The number of nitrogens with zero attached hydrogens (tertiary/aromatic N) is 1. The fourth-order valence-electron chi connectivity index (χ4n) is 2.53. The molecule has 2 aromatic rings. The molecule has 0 bridgehead atoms. The summed E-state index contributed by atoms with van der Waals surface area (Å²) in [5.41, 5.74) is 6.06. The van der Waals surface area contributed by atoms with Crippen molar-refractivity contribution in [2.24, 2.45) is 11.7 Å². The molecular formula is C19H24N2O4S. The number of carbonyl (C=O) groups excluding carboxylic acids is 2. The summed E-state index contributed by atoms with van der Waals surface area (Å²) < 4.78 is 10.4. The van der Waals surface area contributed by atoms with Crippen LogP contribution in [-0.4, -0.2) is 23.5 Å². The molecule has 7 heteroatoms. The number of hydrogen-bond donors (Lipinski definition) is 1. The summed E-state index contributed by atoms with van der Waals surface area (Å²) in [6.45, 7) is 6.04. The highest BCUT2D eigenvalue weighted by molar-refractivity contribution is 7.10. The lowest BCUT2D eigenvalue weighted by atomic mass is 9.90. The number of benzene rings is 1. The number of nitrogens with two attached hydrogens (primary N) is 1. The first kappa shape index (κ1) is 20.1. The molecule has 0 aliphatic heterocycles. The molecule has 1 atom stereocenters. The Labute approximate surface area is 157 Å². The van der Waals surface area contributed by atoms with Crippen molar-refractivity contribution >= 4 is 23.3 Å². The maximum atomic E-state index is 12.8. The molecule has 0 spiro atoms. The Kier molecular flexibility index (Phi) is 6.88. The van der Waals surface area contributed by atoms with E-state index in [0.717, 1.165) is 16.9 Å². The molecule has 1 heterocycles. The summed E-state index contributed by atoms with van der Waals surface area (Å²) in [5, 5.41) is 1.91. The Morgan fingerprint density at radius 2 is 1.92 bits per heavy atom. The summed E-state index contributed by atoms with van der Waals surface area (Å²) >= 11 is 1.16. The van der Waals surface area contributed by atoms with Crippen LogP contribution in [0, 0.1) is 5.92 Å². The molecule has 0 saturated heterocycles. The van der Waals surface area contributed by atoms with E-state index in [1.54, 1.807) is 12.3 Å². The van der Waals surface area contributed by atoms with Gasteiger partial charge in [0.2, 0.25) is 0 Å². The third-order valence-corrected chi connectivity index (χ3v) is 4.70. The van der Waals surface area contributed by atoms with Crippen molar-refractivity contribution in [2.75, 3.05) is 6.61 Å². The van der Waals surface area contributed by atoms with Crippen LogP contribution >= 0.6 is 11.3 Å². The van der Waals surface area contributed by atoms with Crippen LogP contribution in [0.3, 0.4) is 0 Å². The Hall–Kier alpha value is -2.25. The van der Waals surface area contributed by atoms with Crippen molar-refractivity contribution in [3.05, 3.63) is 52.0 Å². The molecule has 140 valence electrons. The number of ether oxygens (including phenoxy) is 2. The molecule has 6 nitrogen and oxygen atoms in total. The van der Waals surface area contributed by atoms with Crippen LogP contribution < -0.4 is 5.73 Å². The smallest absolute Gasteiger partial charge is 0.357 e. The summed E-state index contributed by atoms with van der Waals surface area (Å²) in [5.74, 6) is -0.946. The molecule has 0 fully saturated rings. The highest BCUT2D eigenvalue weighted by atomic mass is 32.1. The van der Waals surface area contributed by atoms with Crippen LogP contribution in [0.1, 0.15) is 48.3 Å². The van der Waals surface area contributed by atoms with Gasteiger partial charge in [-0.1, -0.05) is 44.2 Å². The molecule has 0 saturated carbocycles. The Morgan fingerprint density at radius 3 is 2.54 bits per heavy atom. The van der Waals surface area contributed by atoms with Crippen molar-refractivity contribution in [2.45, 2.75) is 39.3 Å². The van der Waals surface area contributed by atoms with Crippen molar-refractivity contribution < 1.29 is 19.1 Å². The highest BCUT2D eigenvalue weighted by Gasteiger charge is 2.41. The third kappa shape index (κ3) is 4.89. The first-order valence-electron chi connectivity index (χ1n) is 8.50. The van der Waals surface area contributed by atoms with E-state index in [1.807, 2.05) is 44.2 Å². The van der Waals surface area contributed by atoms with Crippen molar-refractivity contribution in [3.63, 3.8) is 0 Å². The molecule has 0 aliphatic carbocycles. The minimum atomic E-state index is -1.40. The molecule has 1 aromatic heterocycles. The predicted molar refractivity (Wildman–Crippen MR) is 99.6 cm³/mol. The van der Waals surface area contributed by atoms with Gasteiger partial charge in [-0.05, 0) is 24.8 Å². The number of thiazole rings is 1. The van der Waals surface area contributed by atoms with Gasteiger partial charge in [0.15, 0.2) is 11.2 Å². The molecule has 26 heavy (non-hydrogen) atoms. The van der Waals surface area contributed by atoms with Gasteiger partial charge in [0.05, 0.1) is 6.61 Å². The second-order valence-corrected chi connectivity index (χ2v) is 7.25. The van der Waals surface area contributed by atoms with E-state index < -0.39 is 17.5 Å². The van der Waals surface area contributed by atoms with E-state index in [2.05, 4.69) is 4.98 Å². The molecular weight excluding hydrogens is 352 g/mol. The number of hydrogen-bond acceptors (Lipinski definition) is 7. The number of rotatable bonds is 8. The Balaban J connectivity index is 2.21. The van der Waals surface area contributed by atoms with E-state index in [1.165, 1.54) is 0 Å². The van der Waals surface area contributed by atoms with E-state index in [0.29, 0.717) is 11.4 Å². The highest BCUT2D eigenvalue weighted by Crippen LogP contribution is 2.31. The molecule has 2 N–H and O–H groups in total. The lowest BCUT2D eigenvalue weighted by Crippen LogP contribution is -2.47. The lowest BCUT2D eigenvalue weighted by molar-refractivity contribution is -0.152. The second-order valence-electron chi connectivity index (χ2n) is 6.39. The molecule has 0 unspecified atom stereocenters. The SMILES string of the molecule is CCOC(=O)c1csc([C@](N)(CC(C)C)C(=O)OCc2ccccc2)n1. The van der Waals surface area contributed by atoms with E-state index in [9.17, 15) is 9.59 Å². The minimum Gasteiger partial charge on any atom is -0.461 e. The van der Waals surface area contributed by atoms with Gasteiger partial charge in [-0.2, -0.15) is 0 Å². The summed E-state index contributed by atoms with van der Waals surface area (Å²) in [7, 11) is 0. The van der Waals surface area contributed by atoms with Gasteiger partial charge in [0.1, 0.15) is 11.6 Å². The molecule has 1 aromatic carbocycles. The normalized spacial score (nSPS) is 13.3. The first-order chi connectivity index (χ1) is 12.4. The van der Waals surface area contributed by atoms with Gasteiger partial charge in [0, 0.05) is 5.38 Å². The van der Waals surface area contributed by atoms with Gasteiger partial charge in [-0.3, -0.25) is 0 Å². The van der Waals surface area contributed by atoms with Crippen molar-refractivity contribution in [3.8, 4) is 0 Å². The second kappa shape index (κ2) is 8.91. The van der Waals surface area contributed by atoms with Crippen LogP contribution in [0.4, 0.5) is 0 Å². The zero-order chi connectivity index (χ0) is 19.2. The lowest BCUT2D eigenvalue weighted by Gasteiger charge is -2.26. The monoisotopic (exact) mass is 376 g/mol. The van der Waals surface area contributed by atoms with E-state index in [-0.39, 0.29) is 24.8 Å². The Bertz CT molecular complexity index is 745. The van der Waals surface area contributed by atoms with Crippen LogP contribution in [0.25, 0.3) is 0 Å². The van der Waals surface area contributed by atoms with Crippen LogP contribution in [-0.2, 0) is 26.4 Å². The summed E-state index contributed by atoms with van der Waals surface area (Å²) in [6.07, 6.45) is 0.358. The zero-order valence-electron chi connectivity index (χ0n) is 15.2. The minimum absolute atomic E-state index is 0.132. The van der Waals surface area contributed by atoms with Crippen LogP contribution in [0.5, 0.6) is 0 Å². The van der Waals surface area contributed by atoms with Gasteiger partial charge in [-0.15, -0.1) is 11.3 Å². The van der Waals surface area contributed by atoms with Gasteiger partial charge < -0.3 is 15.2 Å². The van der Waals surface area contributed by atoms with Crippen LogP contribution in [0.15, 0.2) is 35.7 Å². The van der Waals surface area contributed by atoms with Gasteiger partial charge in [0.25, 0.3) is 0 Å². The van der Waals surface area contributed by atoms with E-state index in [4.69, 9.17) is 15.2 Å². The Morgan fingerprint density at radius 1 is 1.23 bits per heavy atom. The largest absolute Gasteiger partial charge is 0.461 e. The molecule has 0 amide bonds. The average Bonchev–Trinajstić information content (AvgIpc) is 3.11. The molecule has 2 rings (SSSR count). The summed E-state index contributed by atoms with van der Waals surface area (Å²) in [6, 6.07) is 9.38. The number of esters is 2. The summed E-state index contributed by atoms with van der Waals surface area (Å²) in [4.78, 5) is 28.9. The van der Waals surface area contributed by atoms with Crippen molar-refractivity contribution in [1.29, 1.82) is 0 Å². The maximum Gasteiger partial charge on any atom is 0.357 e. The quantitative estimate of drug-likeness (QED) is 0.711. The van der Waals surface area contributed by atoms with Crippen LogP contribution in [0.2, 0.25) is 0 Å². The topological polar surface area (TPSA) is 91.5 Å². The van der Waals surface area contributed by atoms with Crippen molar-refractivity contribution in [1.82, 2.24) is 4.98 Å². The molecule has 0 aliphatic rings. The molecule has 0 radical (unpaired) electrons. The predicted octanol–water partition coefficient (Wildman–Crippen LogP) is 3.26. The maximum absolute atomic E-state index is 12.8.